The molecule has 0 aromatic heterocycles. The van der Waals surface area contributed by atoms with Crippen molar-refractivity contribution < 1.29 is 33.9 Å². The van der Waals surface area contributed by atoms with Crippen LogP contribution in [0.1, 0.15) is 15.9 Å². The van der Waals surface area contributed by atoms with Crippen LogP contribution in [-0.2, 0) is 16.0 Å². The molecule has 1 heterocycles. The predicted octanol–water partition coefficient (Wildman–Crippen LogP) is -0.820. The molecule has 2 amide bonds. The molecule has 10 heteroatoms. The Hall–Kier alpha value is -2.75. The van der Waals surface area contributed by atoms with Gasteiger partial charge in [0.2, 0.25) is 5.91 Å². The van der Waals surface area contributed by atoms with Crippen molar-refractivity contribution in [1.82, 2.24) is 10.6 Å². The highest BCUT2D eigenvalue weighted by molar-refractivity contribution is 6.47. The Bertz CT molecular complexity index is 637. The first kappa shape index (κ1) is 16.6. The van der Waals surface area contributed by atoms with Gasteiger partial charge in [-0.25, -0.2) is 9.59 Å². The van der Waals surface area contributed by atoms with Gasteiger partial charge in [0, 0.05) is 0 Å². The maximum Gasteiger partial charge on any atom is 0.547 e. The highest BCUT2D eigenvalue weighted by atomic mass is 16.5. The number of fused-ring (bicyclic) bond motifs is 1. The number of rotatable bonds is 4. The van der Waals surface area contributed by atoms with Crippen molar-refractivity contribution in [3.05, 3.63) is 29.3 Å². The predicted molar refractivity (Wildman–Crippen MR) is 78.0 cm³/mol. The van der Waals surface area contributed by atoms with Crippen molar-refractivity contribution >= 4 is 25.1 Å². The highest BCUT2D eigenvalue weighted by Gasteiger charge is 2.37. The molecule has 0 unspecified atom stereocenters. The lowest BCUT2D eigenvalue weighted by Crippen LogP contribution is -2.54. The van der Waals surface area contributed by atoms with Gasteiger partial charge in [0.05, 0.1) is 25.2 Å². The fourth-order valence-electron chi connectivity index (χ4n) is 2.20. The quantitative estimate of drug-likeness (QED) is 0.532. The topological polar surface area (TPSA) is 134 Å². The molecule has 0 saturated carbocycles. The maximum absolute atomic E-state index is 11.7. The zero-order chi connectivity index (χ0) is 17.0. The molecule has 1 aromatic rings. The number of carbonyl (C=O) groups excluding carboxylic acids is 2. The lowest BCUT2D eigenvalue weighted by molar-refractivity contribution is -0.120. The summed E-state index contributed by atoms with van der Waals surface area (Å²) >= 11 is 0. The first-order valence-electron chi connectivity index (χ1n) is 6.73. The molecule has 0 aliphatic carbocycles. The molecule has 1 atom stereocenters. The number of ether oxygens (including phenoxy) is 1. The Morgan fingerprint density at radius 3 is 2.83 bits per heavy atom. The van der Waals surface area contributed by atoms with Crippen molar-refractivity contribution in [2.75, 3.05) is 13.7 Å². The number of carboxylic acid groups (broad SMARTS) is 1. The number of para-hydroxylation sites is 1. The average Bonchev–Trinajstić information content (AvgIpc) is 2.52. The Morgan fingerprint density at radius 2 is 2.17 bits per heavy atom. The molecule has 1 aromatic carbocycles. The van der Waals surface area contributed by atoms with Gasteiger partial charge >= 0.3 is 19.2 Å². The molecule has 1 aliphatic rings. The van der Waals surface area contributed by atoms with Crippen LogP contribution in [0, 0.1) is 0 Å². The van der Waals surface area contributed by atoms with Crippen molar-refractivity contribution in [2.45, 2.75) is 12.4 Å². The van der Waals surface area contributed by atoms with Crippen molar-refractivity contribution in [3.63, 3.8) is 0 Å². The normalized spacial score (nSPS) is 15.9. The number of alkyl carbamates (subject to hydrolysis) is 1. The van der Waals surface area contributed by atoms with Gasteiger partial charge in [-0.05, 0) is 18.1 Å². The molecule has 0 spiro atoms. The number of nitrogens with one attached hydrogen (secondary N) is 2. The fourth-order valence-corrected chi connectivity index (χ4v) is 2.20. The zero-order valence-corrected chi connectivity index (χ0v) is 12.2. The number of aromatic carboxylic acids is 1. The summed E-state index contributed by atoms with van der Waals surface area (Å²) in [5.74, 6) is -2.39. The standard InChI is InChI=1S/C13H15BN2O7/c1-22-13(20)15-6-10(17)16-9-5-7-3-2-4-8(12(18)19)11(7)23-14(9)21/h2-4,9,21H,5-6H2,1H3,(H,15,20)(H,16,17)(H,18,19)/t9-/m0/s1. The number of methoxy groups -OCH3 is 1. The van der Waals surface area contributed by atoms with E-state index in [1.807, 2.05) is 0 Å². The Kier molecular flexibility index (Phi) is 5.07. The van der Waals surface area contributed by atoms with Crippen LogP contribution in [0.15, 0.2) is 18.2 Å². The molecule has 2 rings (SSSR count). The summed E-state index contributed by atoms with van der Waals surface area (Å²) in [7, 11) is -0.228. The second kappa shape index (κ2) is 7.01. The van der Waals surface area contributed by atoms with Gasteiger partial charge in [-0.2, -0.15) is 0 Å². The van der Waals surface area contributed by atoms with Gasteiger partial charge in [-0.1, -0.05) is 12.1 Å². The zero-order valence-electron chi connectivity index (χ0n) is 12.2. The molecule has 0 fully saturated rings. The van der Waals surface area contributed by atoms with E-state index in [1.54, 1.807) is 12.1 Å². The Balaban J connectivity index is 2.04. The van der Waals surface area contributed by atoms with Crippen LogP contribution in [0.25, 0.3) is 0 Å². The van der Waals surface area contributed by atoms with E-state index in [0.717, 1.165) is 0 Å². The number of carboxylic acids is 1. The molecule has 122 valence electrons. The molecule has 23 heavy (non-hydrogen) atoms. The van der Waals surface area contributed by atoms with E-state index in [1.165, 1.54) is 13.2 Å². The van der Waals surface area contributed by atoms with E-state index in [2.05, 4.69) is 15.4 Å². The number of benzene rings is 1. The van der Waals surface area contributed by atoms with Crippen molar-refractivity contribution in [1.29, 1.82) is 0 Å². The summed E-state index contributed by atoms with van der Waals surface area (Å²) in [4.78, 5) is 33.7. The summed E-state index contributed by atoms with van der Waals surface area (Å²) in [6.07, 6.45) is -0.557. The fraction of sp³-hybridized carbons (Fsp3) is 0.308. The maximum atomic E-state index is 11.7. The second-order valence-electron chi connectivity index (χ2n) is 4.83. The van der Waals surface area contributed by atoms with Gasteiger partial charge in [-0.3, -0.25) is 4.79 Å². The van der Waals surface area contributed by atoms with Crippen LogP contribution in [0.5, 0.6) is 5.75 Å². The van der Waals surface area contributed by atoms with E-state index >= 15 is 0 Å². The summed E-state index contributed by atoms with van der Waals surface area (Å²) in [5.41, 5.74) is 0.500. The minimum absolute atomic E-state index is 0.0568. The van der Waals surface area contributed by atoms with Crippen LogP contribution in [0.4, 0.5) is 4.79 Å². The van der Waals surface area contributed by atoms with Gasteiger partial charge in [0.15, 0.2) is 0 Å². The SMILES string of the molecule is COC(=O)NCC(=O)N[C@H]1Cc2cccc(C(=O)O)c2OB1O. The molecule has 9 nitrogen and oxygen atoms in total. The van der Waals surface area contributed by atoms with Crippen LogP contribution in [0.3, 0.4) is 0 Å². The number of hydrogen-bond donors (Lipinski definition) is 4. The van der Waals surface area contributed by atoms with Gasteiger partial charge in [0.1, 0.15) is 5.75 Å². The lowest BCUT2D eigenvalue weighted by atomic mass is 9.72. The molecule has 0 radical (unpaired) electrons. The van der Waals surface area contributed by atoms with E-state index in [0.29, 0.717) is 5.56 Å². The van der Waals surface area contributed by atoms with E-state index in [9.17, 15) is 19.4 Å². The highest BCUT2D eigenvalue weighted by Crippen LogP contribution is 2.29. The molecular weight excluding hydrogens is 307 g/mol. The minimum atomic E-state index is -1.40. The summed E-state index contributed by atoms with van der Waals surface area (Å²) < 4.78 is 9.57. The van der Waals surface area contributed by atoms with E-state index < -0.39 is 31.0 Å². The van der Waals surface area contributed by atoms with Crippen LogP contribution < -0.4 is 15.3 Å². The third kappa shape index (κ3) is 3.92. The van der Waals surface area contributed by atoms with Crippen molar-refractivity contribution in [2.24, 2.45) is 0 Å². The molecule has 0 bridgehead atoms. The third-order valence-corrected chi connectivity index (χ3v) is 3.27. The smallest absolute Gasteiger partial charge is 0.534 e. The lowest BCUT2D eigenvalue weighted by Gasteiger charge is -2.28. The number of carbonyl (C=O) groups is 3. The van der Waals surface area contributed by atoms with Crippen LogP contribution in [-0.4, -0.2) is 54.8 Å². The van der Waals surface area contributed by atoms with Crippen molar-refractivity contribution in [3.8, 4) is 5.75 Å². The van der Waals surface area contributed by atoms with E-state index in [-0.39, 0.29) is 24.3 Å². The summed E-state index contributed by atoms with van der Waals surface area (Å²) in [6, 6.07) is 4.58. The summed E-state index contributed by atoms with van der Waals surface area (Å²) in [6.45, 7) is -0.322. The largest absolute Gasteiger partial charge is 0.547 e. The van der Waals surface area contributed by atoms with Crippen LogP contribution >= 0.6 is 0 Å². The Labute approximate surface area is 131 Å². The first-order chi connectivity index (χ1) is 10.9. The third-order valence-electron chi connectivity index (χ3n) is 3.27. The van der Waals surface area contributed by atoms with Crippen LogP contribution in [0.2, 0.25) is 0 Å². The van der Waals surface area contributed by atoms with E-state index in [4.69, 9.17) is 9.76 Å². The van der Waals surface area contributed by atoms with Gasteiger partial charge in [-0.15, -0.1) is 0 Å². The molecule has 1 aliphatic heterocycles. The van der Waals surface area contributed by atoms with Gasteiger partial charge < -0.3 is 30.2 Å². The number of hydrogen-bond acceptors (Lipinski definition) is 6. The van der Waals surface area contributed by atoms with Gasteiger partial charge in [0.25, 0.3) is 0 Å². The summed E-state index contributed by atoms with van der Waals surface area (Å²) in [5, 5.41) is 23.8. The second-order valence-corrected chi connectivity index (χ2v) is 4.83. The number of amides is 2. The molecular formula is C13H15BN2O7. The minimum Gasteiger partial charge on any atom is -0.534 e. The molecule has 0 saturated heterocycles. The first-order valence-corrected chi connectivity index (χ1v) is 6.73. The average molecular weight is 322 g/mol. The Morgan fingerprint density at radius 1 is 1.43 bits per heavy atom. The molecule has 4 N–H and O–H groups in total. The monoisotopic (exact) mass is 322 g/mol.